The van der Waals surface area contributed by atoms with Gasteiger partial charge in [-0.1, -0.05) is 12.2 Å². The Labute approximate surface area is 66.9 Å². The van der Waals surface area contributed by atoms with Crippen molar-refractivity contribution in [3.05, 3.63) is 12.2 Å². The molecular formula is C6H10Cl2Si. The van der Waals surface area contributed by atoms with E-state index in [2.05, 4.69) is 12.2 Å². The molecule has 0 aromatic heterocycles. The maximum absolute atomic E-state index is 5.73. The molecule has 0 amide bonds. The first-order valence-corrected chi connectivity index (χ1v) is 7.54. The van der Waals surface area contributed by atoms with Crippen LogP contribution in [0.15, 0.2) is 12.2 Å². The largest absolute Gasteiger partial charge is 0.237 e. The summed E-state index contributed by atoms with van der Waals surface area (Å²) in [5.41, 5.74) is 0. The smallest absolute Gasteiger partial charge is 0.150 e. The van der Waals surface area contributed by atoms with E-state index < -0.39 is 7.42 Å². The Kier molecular flexibility index (Phi) is 3.09. The molecule has 0 aliphatic heterocycles. The first-order valence-electron chi connectivity index (χ1n) is 3.24. The summed E-state index contributed by atoms with van der Waals surface area (Å²) in [4.78, 5) is 0. The average Bonchev–Trinajstić information content (AvgIpc) is 2.15. The molecule has 0 N–H and O–H groups in total. The zero-order chi connectivity index (χ0) is 6.69. The number of hydrogen-bond donors (Lipinski definition) is 0. The summed E-state index contributed by atoms with van der Waals surface area (Å²) >= 11 is 11.5. The number of rotatable bonds is 2. The van der Waals surface area contributed by atoms with Crippen molar-refractivity contribution in [1.29, 1.82) is 0 Å². The SMILES string of the molecule is Cl[SiH](Cl)CC1C=CCC1. The Morgan fingerprint density at radius 3 is 2.78 bits per heavy atom. The Bertz CT molecular complexity index is 112. The van der Waals surface area contributed by atoms with E-state index in [-0.39, 0.29) is 0 Å². The van der Waals surface area contributed by atoms with Gasteiger partial charge in [0.25, 0.3) is 0 Å². The van der Waals surface area contributed by atoms with Gasteiger partial charge in [-0.3, -0.25) is 0 Å². The molecule has 0 aromatic carbocycles. The van der Waals surface area contributed by atoms with Gasteiger partial charge in [0.2, 0.25) is 7.42 Å². The summed E-state index contributed by atoms with van der Waals surface area (Å²) in [7, 11) is -1.33. The van der Waals surface area contributed by atoms with Crippen LogP contribution in [0.1, 0.15) is 12.8 Å². The molecule has 0 saturated carbocycles. The fourth-order valence-corrected chi connectivity index (χ4v) is 3.34. The molecular weight excluding hydrogens is 171 g/mol. The first kappa shape index (κ1) is 7.64. The monoisotopic (exact) mass is 180 g/mol. The van der Waals surface area contributed by atoms with Gasteiger partial charge in [0.15, 0.2) is 0 Å². The van der Waals surface area contributed by atoms with Crippen LogP contribution in [0.4, 0.5) is 0 Å². The van der Waals surface area contributed by atoms with Crippen LogP contribution in [0.5, 0.6) is 0 Å². The maximum Gasteiger partial charge on any atom is 0.237 e. The van der Waals surface area contributed by atoms with E-state index in [9.17, 15) is 0 Å². The number of halogens is 2. The predicted octanol–water partition coefficient (Wildman–Crippen LogP) is 2.65. The van der Waals surface area contributed by atoms with Gasteiger partial charge in [-0.15, -0.1) is 0 Å². The molecule has 52 valence electrons. The van der Waals surface area contributed by atoms with E-state index in [1.165, 1.54) is 12.8 Å². The summed E-state index contributed by atoms with van der Waals surface area (Å²) in [6.45, 7) is 0. The lowest BCUT2D eigenvalue weighted by molar-refractivity contribution is 0.698. The van der Waals surface area contributed by atoms with E-state index in [4.69, 9.17) is 22.2 Å². The van der Waals surface area contributed by atoms with Gasteiger partial charge in [-0.2, -0.15) is 22.2 Å². The summed E-state index contributed by atoms with van der Waals surface area (Å²) in [5, 5.41) is 0. The van der Waals surface area contributed by atoms with Crippen LogP contribution in [0.25, 0.3) is 0 Å². The minimum absolute atomic E-state index is 0.705. The molecule has 1 rings (SSSR count). The third-order valence-electron chi connectivity index (χ3n) is 1.59. The third-order valence-corrected chi connectivity index (χ3v) is 3.62. The third kappa shape index (κ3) is 2.74. The topological polar surface area (TPSA) is 0 Å². The molecule has 1 aliphatic carbocycles. The molecule has 0 fully saturated rings. The molecule has 0 radical (unpaired) electrons. The lowest BCUT2D eigenvalue weighted by atomic mass is 10.2. The molecule has 0 bridgehead atoms. The number of hydrogen-bond acceptors (Lipinski definition) is 0. The van der Waals surface area contributed by atoms with Crippen LogP contribution < -0.4 is 0 Å². The van der Waals surface area contributed by atoms with E-state index in [0.29, 0.717) is 5.92 Å². The molecule has 0 nitrogen and oxygen atoms in total. The van der Waals surface area contributed by atoms with E-state index in [0.717, 1.165) is 6.04 Å². The van der Waals surface area contributed by atoms with E-state index in [1.54, 1.807) is 0 Å². The van der Waals surface area contributed by atoms with Gasteiger partial charge in [0.05, 0.1) is 0 Å². The average molecular weight is 181 g/mol. The van der Waals surface area contributed by atoms with Crippen LogP contribution >= 0.6 is 22.2 Å². The fourth-order valence-electron chi connectivity index (χ4n) is 1.12. The Morgan fingerprint density at radius 2 is 2.33 bits per heavy atom. The van der Waals surface area contributed by atoms with Crippen LogP contribution in [0.3, 0.4) is 0 Å². The normalized spacial score (nSPS) is 25.9. The van der Waals surface area contributed by atoms with Gasteiger partial charge in [-0.05, 0) is 24.8 Å². The zero-order valence-corrected chi connectivity index (χ0v) is 7.85. The summed E-state index contributed by atoms with van der Waals surface area (Å²) < 4.78 is 0. The second kappa shape index (κ2) is 3.64. The highest BCUT2D eigenvalue weighted by atomic mass is 35.7. The molecule has 0 spiro atoms. The van der Waals surface area contributed by atoms with E-state index in [1.807, 2.05) is 0 Å². The van der Waals surface area contributed by atoms with Crippen molar-refractivity contribution >= 4 is 29.6 Å². The highest BCUT2D eigenvalue weighted by molar-refractivity contribution is 7.33. The highest BCUT2D eigenvalue weighted by Gasteiger charge is 2.13. The molecule has 0 heterocycles. The quantitative estimate of drug-likeness (QED) is 0.349. The zero-order valence-electron chi connectivity index (χ0n) is 5.19. The minimum Gasteiger partial charge on any atom is -0.150 e. The molecule has 1 atom stereocenters. The van der Waals surface area contributed by atoms with Crippen molar-refractivity contribution in [2.24, 2.45) is 5.92 Å². The molecule has 1 unspecified atom stereocenters. The fraction of sp³-hybridized carbons (Fsp3) is 0.667. The standard InChI is InChI=1S/C6H10Cl2Si/c7-9(8)5-6-3-1-2-4-6/h1,3,6,9H,2,4-5H2. The second-order valence-corrected chi connectivity index (χ2v) is 7.48. The van der Waals surface area contributed by atoms with Gasteiger partial charge < -0.3 is 0 Å². The van der Waals surface area contributed by atoms with Gasteiger partial charge >= 0.3 is 0 Å². The molecule has 1 aliphatic rings. The lowest BCUT2D eigenvalue weighted by Crippen LogP contribution is -2.00. The van der Waals surface area contributed by atoms with Crippen molar-refractivity contribution in [2.75, 3.05) is 0 Å². The Balaban J connectivity index is 2.20. The predicted molar refractivity (Wildman–Crippen MR) is 45.5 cm³/mol. The van der Waals surface area contributed by atoms with Crippen LogP contribution in [-0.4, -0.2) is 7.42 Å². The van der Waals surface area contributed by atoms with Gasteiger partial charge in [0, 0.05) is 0 Å². The van der Waals surface area contributed by atoms with Gasteiger partial charge in [-0.25, -0.2) is 0 Å². The van der Waals surface area contributed by atoms with Crippen molar-refractivity contribution < 1.29 is 0 Å². The van der Waals surface area contributed by atoms with Crippen LogP contribution in [0, 0.1) is 5.92 Å². The molecule has 9 heavy (non-hydrogen) atoms. The van der Waals surface area contributed by atoms with Crippen molar-refractivity contribution in [3.8, 4) is 0 Å². The molecule has 0 aromatic rings. The minimum atomic E-state index is -1.33. The summed E-state index contributed by atoms with van der Waals surface area (Å²) in [6, 6.07) is 1.06. The molecule has 0 saturated heterocycles. The van der Waals surface area contributed by atoms with E-state index >= 15 is 0 Å². The van der Waals surface area contributed by atoms with Crippen molar-refractivity contribution in [2.45, 2.75) is 18.9 Å². The Hall–Kier alpha value is 0.537. The molecule has 3 heteroatoms. The van der Waals surface area contributed by atoms with Gasteiger partial charge in [0.1, 0.15) is 0 Å². The summed E-state index contributed by atoms with van der Waals surface area (Å²) in [5.74, 6) is 0.705. The number of allylic oxidation sites excluding steroid dienone is 2. The summed E-state index contributed by atoms with van der Waals surface area (Å²) in [6.07, 6.45) is 6.95. The first-order chi connectivity index (χ1) is 4.29. The highest BCUT2D eigenvalue weighted by Crippen LogP contribution is 2.24. The Morgan fingerprint density at radius 1 is 1.56 bits per heavy atom. The maximum atomic E-state index is 5.73. The van der Waals surface area contributed by atoms with Crippen molar-refractivity contribution in [3.63, 3.8) is 0 Å². The lowest BCUT2D eigenvalue weighted by Gasteiger charge is -2.04. The van der Waals surface area contributed by atoms with Crippen LogP contribution in [0.2, 0.25) is 6.04 Å². The van der Waals surface area contributed by atoms with Crippen LogP contribution in [-0.2, 0) is 0 Å². The van der Waals surface area contributed by atoms with Crippen molar-refractivity contribution in [1.82, 2.24) is 0 Å². The second-order valence-electron chi connectivity index (χ2n) is 2.39.